The highest BCUT2D eigenvalue weighted by molar-refractivity contribution is 5.49. The number of aliphatic hydroxyl groups is 1. The number of aliphatic hydroxyl groups excluding tert-OH is 1. The SMILES string of the molecule is CC(C)(C)c1ccc(OCC(O)CN2CCN(c3cccc(C(F)(F)F)c3)CC2)cc1. The Morgan fingerprint density at radius 2 is 1.58 bits per heavy atom. The molecule has 31 heavy (non-hydrogen) atoms. The molecule has 0 aliphatic carbocycles. The Balaban J connectivity index is 1.44. The number of halogens is 3. The molecule has 1 atom stereocenters. The van der Waals surface area contributed by atoms with E-state index in [0.29, 0.717) is 38.4 Å². The van der Waals surface area contributed by atoms with Crippen molar-refractivity contribution in [3.63, 3.8) is 0 Å². The Labute approximate surface area is 182 Å². The van der Waals surface area contributed by atoms with Gasteiger partial charge in [-0.25, -0.2) is 0 Å². The molecule has 0 radical (unpaired) electrons. The van der Waals surface area contributed by atoms with Crippen LogP contribution in [0, 0.1) is 0 Å². The Hall–Kier alpha value is -2.25. The molecule has 1 aliphatic heterocycles. The first-order valence-corrected chi connectivity index (χ1v) is 10.6. The van der Waals surface area contributed by atoms with Crippen LogP contribution in [0.3, 0.4) is 0 Å². The van der Waals surface area contributed by atoms with Crippen LogP contribution in [-0.4, -0.2) is 55.4 Å². The van der Waals surface area contributed by atoms with Crippen LogP contribution >= 0.6 is 0 Å². The molecule has 0 spiro atoms. The maximum Gasteiger partial charge on any atom is 0.416 e. The second kappa shape index (κ2) is 9.49. The van der Waals surface area contributed by atoms with E-state index >= 15 is 0 Å². The van der Waals surface area contributed by atoms with Crippen LogP contribution in [0.5, 0.6) is 5.75 Å². The summed E-state index contributed by atoms with van der Waals surface area (Å²) in [7, 11) is 0. The first kappa shape index (κ1) is 23.4. The van der Waals surface area contributed by atoms with Crippen LogP contribution in [0.4, 0.5) is 18.9 Å². The van der Waals surface area contributed by atoms with Crippen molar-refractivity contribution in [1.82, 2.24) is 4.90 Å². The number of benzene rings is 2. The number of rotatable bonds is 6. The van der Waals surface area contributed by atoms with Crippen LogP contribution in [0.25, 0.3) is 0 Å². The summed E-state index contributed by atoms with van der Waals surface area (Å²) in [5.74, 6) is 0.724. The fourth-order valence-corrected chi connectivity index (χ4v) is 3.66. The molecule has 2 aromatic rings. The topological polar surface area (TPSA) is 35.9 Å². The molecular weight excluding hydrogens is 405 g/mol. The van der Waals surface area contributed by atoms with E-state index in [9.17, 15) is 18.3 Å². The second-order valence-corrected chi connectivity index (χ2v) is 9.07. The molecule has 0 aromatic heterocycles. The fourth-order valence-electron chi connectivity index (χ4n) is 3.66. The van der Waals surface area contributed by atoms with Gasteiger partial charge >= 0.3 is 6.18 Å². The van der Waals surface area contributed by atoms with E-state index in [1.54, 1.807) is 6.07 Å². The van der Waals surface area contributed by atoms with E-state index in [4.69, 9.17) is 4.74 Å². The number of hydrogen-bond donors (Lipinski definition) is 1. The lowest BCUT2D eigenvalue weighted by molar-refractivity contribution is -0.137. The molecule has 2 aromatic carbocycles. The Kier molecular flexibility index (Phi) is 7.17. The molecule has 0 saturated carbocycles. The van der Waals surface area contributed by atoms with Gasteiger partial charge in [0, 0.05) is 38.4 Å². The fraction of sp³-hybridized carbons (Fsp3) is 0.500. The molecular formula is C24H31F3N2O2. The summed E-state index contributed by atoms with van der Waals surface area (Å²) in [5, 5.41) is 10.4. The molecule has 1 fully saturated rings. The molecule has 1 heterocycles. The normalized spacial score (nSPS) is 16.9. The van der Waals surface area contributed by atoms with Crippen LogP contribution in [0.15, 0.2) is 48.5 Å². The summed E-state index contributed by atoms with van der Waals surface area (Å²) in [5.41, 5.74) is 1.25. The van der Waals surface area contributed by atoms with Gasteiger partial charge in [0.2, 0.25) is 0 Å². The van der Waals surface area contributed by atoms with Crippen molar-refractivity contribution in [3.05, 3.63) is 59.7 Å². The number of anilines is 1. The molecule has 3 rings (SSSR count). The summed E-state index contributed by atoms with van der Waals surface area (Å²) in [6, 6.07) is 13.3. The highest BCUT2D eigenvalue weighted by atomic mass is 19.4. The van der Waals surface area contributed by atoms with E-state index in [2.05, 4.69) is 25.7 Å². The van der Waals surface area contributed by atoms with Gasteiger partial charge in [-0.2, -0.15) is 13.2 Å². The van der Waals surface area contributed by atoms with Gasteiger partial charge in [-0.1, -0.05) is 39.0 Å². The zero-order chi connectivity index (χ0) is 22.6. The van der Waals surface area contributed by atoms with Crippen molar-refractivity contribution < 1.29 is 23.0 Å². The van der Waals surface area contributed by atoms with Crippen molar-refractivity contribution in [2.75, 3.05) is 44.2 Å². The zero-order valence-electron chi connectivity index (χ0n) is 18.3. The largest absolute Gasteiger partial charge is 0.491 e. The minimum atomic E-state index is -4.34. The van der Waals surface area contributed by atoms with Gasteiger partial charge in [0.25, 0.3) is 0 Å². The van der Waals surface area contributed by atoms with Gasteiger partial charge in [-0.3, -0.25) is 4.90 Å². The third kappa shape index (κ3) is 6.61. The molecule has 0 amide bonds. The minimum absolute atomic E-state index is 0.0776. The quantitative estimate of drug-likeness (QED) is 0.720. The van der Waals surface area contributed by atoms with E-state index in [-0.39, 0.29) is 12.0 Å². The van der Waals surface area contributed by atoms with Crippen molar-refractivity contribution in [1.29, 1.82) is 0 Å². The lowest BCUT2D eigenvalue weighted by Gasteiger charge is -2.37. The molecule has 4 nitrogen and oxygen atoms in total. The summed E-state index contributed by atoms with van der Waals surface area (Å²) < 4.78 is 44.5. The van der Waals surface area contributed by atoms with E-state index < -0.39 is 17.8 Å². The third-order valence-corrected chi connectivity index (χ3v) is 5.54. The summed E-state index contributed by atoms with van der Waals surface area (Å²) in [6.45, 7) is 9.70. The number of nitrogens with zero attached hydrogens (tertiary/aromatic N) is 2. The average Bonchev–Trinajstić information content (AvgIpc) is 2.72. The van der Waals surface area contributed by atoms with Gasteiger partial charge in [-0.05, 0) is 41.3 Å². The minimum Gasteiger partial charge on any atom is -0.491 e. The van der Waals surface area contributed by atoms with Gasteiger partial charge in [-0.15, -0.1) is 0 Å². The monoisotopic (exact) mass is 436 g/mol. The van der Waals surface area contributed by atoms with E-state index in [0.717, 1.165) is 11.8 Å². The van der Waals surface area contributed by atoms with Crippen LogP contribution in [0.2, 0.25) is 0 Å². The highest BCUT2D eigenvalue weighted by Crippen LogP contribution is 2.32. The van der Waals surface area contributed by atoms with Crippen molar-refractivity contribution in [3.8, 4) is 5.75 Å². The van der Waals surface area contributed by atoms with Crippen LogP contribution < -0.4 is 9.64 Å². The number of β-amino-alcohol motifs (C(OH)–C–C–N with tert-alkyl or cyclic N) is 1. The molecule has 1 saturated heterocycles. The number of piperazine rings is 1. The van der Waals surface area contributed by atoms with E-state index in [1.165, 1.54) is 17.7 Å². The Morgan fingerprint density at radius 3 is 2.16 bits per heavy atom. The lowest BCUT2D eigenvalue weighted by Crippen LogP contribution is -2.49. The zero-order valence-corrected chi connectivity index (χ0v) is 18.3. The van der Waals surface area contributed by atoms with Crippen molar-refractivity contribution >= 4 is 5.69 Å². The predicted molar refractivity (Wildman–Crippen MR) is 117 cm³/mol. The first-order chi connectivity index (χ1) is 14.5. The lowest BCUT2D eigenvalue weighted by atomic mass is 9.87. The maximum absolute atomic E-state index is 12.9. The standard InChI is InChI=1S/C24H31F3N2O2/c1-23(2,3)18-7-9-22(10-8-18)31-17-21(30)16-28-11-13-29(14-12-28)20-6-4-5-19(15-20)24(25,26)27/h4-10,15,21,30H,11-14,16-17H2,1-3H3. The van der Waals surface area contributed by atoms with Gasteiger partial charge in [0.1, 0.15) is 18.5 Å². The molecule has 1 N–H and O–H groups in total. The van der Waals surface area contributed by atoms with Crippen molar-refractivity contribution in [2.24, 2.45) is 0 Å². The maximum atomic E-state index is 12.9. The Bertz CT molecular complexity index is 839. The van der Waals surface area contributed by atoms with Crippen molar-refractivity contribution in [2.45, 2.75) is 38.5 Å². The Morgan fingerprint density at radius 1 is 0.935 bits per heavy atom. The molecule has 1 aliphatic rings. The molecule has 170 valence electrons. The molecule has 7 heteroatoms. The number of alkyl halides is 3. The highest BCUT2D eigenvalue weighted by Gasteiger charge is 2.31. The number of hydrogen-bond acceptors (Lipinski definition) is 4. The van der Waals surface area contributed by atoms with Crippen LogP contribution in [-0.2, 0) is 11.6 Å². The summed E-state index contributed by atoms with van der Waals surface area (Å²) in [4.78, 5) is 4.06. The molecule has 0 bridgehead atoms. The van der Waals surface area contributed by atoms with Gasteiger partial charge in [0.05, 0.1) is 5.56 Å². The van der Waals surface area contributed by atoms with E-state index in [1.807, 2.05) is 29.2 Å². The summed E-state index contributed by atoms with van der Waals surface area (Å²) in [6.07, 6.45) is -4.97. The summed E-state index contributed by atoms with van der Waals surface area (Å²) >= 11 is 0. The second-order valence-electron chi connectivity index (χ2n) is 9.07. The first-order valence-electron chi connectivity index (χ1n) is 10.6. The predicted octanol–water partition coefficient (Wildman–Crippen LogP) is 4.56. The average molecular weight is 437 g/mol. The molecule has 1 unspecified atom stereocenters. The van der Waals surface area contributed by atoms with Gasteiger partial charge in [0.15, 0.2) is 0 Å². The number of ether oxygens (including phenoxy) is 1. The third-order valence-electron chi connectivity index (χ3n) is 5.54. The smallest absolute Gasteiger partial charge is 0.416 e. The van der Waals surface area contributed by atoms with Gasteiger partial charge < -0.3 is 14.7 Å². The van der Waals surface area contributed by atoms with Crippen LogP contribution in [0.1, 0.15) is 31.9 Å².